The fraction of sp³-hybridized carbons (Fsp3) is 0.692. The lowest BCUT2D eigenvalue weighted by Gasteiger charge is -2.29. The topological polar surface area (TPSA) is 64.3 Å². The van der Waals surface area contributed by atoms with Gasteiger partial charge in [0.1, 0.15) is 11.6 Å². The number of piperazine rings is 1. The van der Waals surface area contributed by atoms with Gasteiger partial charge in [0.2, 0.25) is 0 Å². The Morgan fingerprint density at radius 3 is 2.84 bits per heavy atom. The van der Waals surface area contributed by atoms with Gasteiger partial charge in [0.25, 0.3) is 5.56 Å². The molecular formula is C13H23N5O. The molecule has 1 aliphatic heterocycles. The number of anilines is 1. The van der Waals surface area contributed by atoms with Crippen molar-refractivity contribution in [2.75, 3.05) is 51.2 Å². The normalized spacial score (nSPS) is 16.5. The third-order valence-electron chi connectivity index (χ3n) is 3.46. The Morgan fingerprint density at radius 1 is 1.42 bits per heavy atom. The zero-order valence-corrected chi connectivity index (χ0v) is 11.8. The molecule has 19 heavy (non-hydrogen) atoms. The maximum absolute atomic E-state index is 11.5. The van der Waals surface area contributed by atoms with Gasteiger partial charge in [-0.2, -0.15) is 0 Å². The van der Waals surface area contributed by atoms with Crippen LogP contribution in [0.2, 0.25) is 0 Å². The van der Waals surface area contributed by atoms with Gasteiger partial charge in [-0.05, 0) is 0 Å². The van der Waals surface area contributed by atoms with Gasteiger partial charge >= 0.3 is 0 Å². The average molecular weight is 265 g/mol. The van der Waals surface area contributed by atoms with Crippen LogP contribution in [0.3, 0.4) is 0 Å². The van der Waals surface area contributed by atoms with E-state index in [4.69, 9.17) is 0 Å². The predicted octanol–water partition coefficient (Wildman–Crippen LogP) is -0.326. The van der Waals surface area contributed by atoms with E-state index >= 15 is 0 Å². The maximum atomic E-state index is 11.5. The minimum atomic E-state index is -0.0733. The molecule has 1 saturated heterocycles. The number of likely N-dealkylation sites (N-methyl/N-ethyl adjacent to an activating group) is 1. The number of hydrogen-bond acceptors (Lipinski definition) is 5. The van der Waals surface area contributed by atoms with Crippen LogP contribution >= 0.6 is 0 Å². The Kier molecular flexibility index (Phi) is 4.93. The van der Waals surface area contributed by atoms with Gasteiger partial charge < -0.3 is 15.2 Å². The Bertz CT molecular complexity index is 453. The highest BCUT2D eigenvalue weighted by atomic mass is 16.1. The van der Waals surface area contributed by atoms with E-state index in [9.17, 15) is 4.79 Å². The maximum Gasteiger partial charge on any atom is 0.252 e. The number of rotatable bonds is 5. The molecule has 1 aromatic rings. The second-order valence-electron chi connectivity index (χ2n) is 4.92. The summed E-state index contributed by atoms with van der Waals surface area (Å²) in [7, 11) is 1.99. The summed E-state index contributed by atoms with van der Waals surface area (Å²) in [5.41, 5.74) is -0.0733. The number of aromatic nitrogens is 2. The van der Waals surface area contributed by atoms with Crippen LogP contribution in [0.25, 0.3) is 0 Å². The smallest absolute Gasteiger partial charge is 0.252 e. The SMILES string of the molecule is CCc1nc(N(C)CCN2CCNCC2)cc(=O)[nH]1. The number of H-pyrrole nitrogens is 1. The molecule has 106 valence electrons. The summed E-state index contributed by atoms with van der Waals surface area (Å²) in [6.45, 7) is 8.20. The molecule has 0 radical (unpaired) electrons. The van der Waals surface area contributed by atoms with Crippen molar-refractivity contribution in [2.45, 2.75) is 13.3 Å². The molecule has 0 saturated carbocycles. The molecule has 1 fully saturated rings. The van der Waals surface area contributed by atoms with E-state index in [0.29, 0.717) is 0 Å². The number of nitrogens with zero attached hydrogens (tertiary/aromatic N) is 3. The van der Waals surface area contributed by atoms with Crippen LogP contribution in [-0.4, -0.2) is 61.2 Å². The molecule has 6 nitrogen and oxygen atoms in total. The van der Waals surface area contributed by atoms with Crippen molar-refractivity contribution in [1.82, 2.24) is 20.2 Å². The molecule has 0 atom stereocenters. The zero-order valence-electron chi connectivity index (χ0n) is 11.8. The Balaban J connectivity index is 1.93. The largest absolute Gasteiger partial charge is 0.358 e. The van der Waals surface area contributed by atoms with Crippen LogP contribution in [0.5, 0.6) is 0 Å². The van der Waals surface area contributed by atoms with Crippen LogP contribution in [0, 0.1) is 0 Å². The van der Waals surface area contributed by atoms with Crippen molar-refractivity contribution in [3.05, 3.63) is 22.2 Å². The third kappa shape index (κ3) is 4.04. The highest BCUT2D eigenvalue weighted by Gasteiger charge is 2.11. The first-order valence-corrected chi connectivity index (χ1v) is 6.93. The second-order valence-corrected chi connectivity index (χ2v) is 4.92. The Morgan fingerprint density at radius 2 is 2.16 bits per heavy atom. The fourth-order valence-corrected chi connectivity index (χ4v) is 2.20. The van der Waals surface area contributed by atoms with Gasteiger partial charge in [-0.3, -0.25) is 9.69 Å². The molecule has 6 heteroatoms. The molecule has 2 rings (SSSR count). The number of hydrogen-bond donors (Lipinski definition) is 2. The minimum absolute atomic E-state index is 0.0733. The van der Waals surface area contributed by atoms with Crippen LogP contribution in [-0.2, 0) is 6.42 Å². The van der Waals surface area contributed by atoms with Crippen molar-refractivity contribution >= 4 is 5.82 Å². The second kappa shape index (κ2) is 6.68. The molecule has 2 heterocycles. The van der Waals surface area contributed by atoms with Gasteiger partial charge in [0.05, 0.1) is 0 Å². The van der Waals surface area contributed by atoms with E-state index in [-0.39, 0.29) is 5.56 Å². The summed E-state index contributed by atoms with van der Waals surface area (Å²) in [6, 6.07) is 1.57. The highest BCUT2D eigenvalue weighted by molar-refractivity contribution is 5.36. The summed E-state index contributed by atoms with van der Waals surface area (Å²) in [5.74, 6) is 1.51. The van der Waals surface area contributed by atoms with Gasteiger partial charge in [-0.1, -0.05) is 6.92 Å². The van der Waals surface area contributed by atoms with Crippen LogP contribution in [0.1, 0.15) is 12.7 Å². The van der Waals surface area contributed by atoms with E-state index in [1.54, 1.807) is 6.07 Å². The van der Waals surface area contributed by atoms with Crippen LogP contribution < -0.4 is 15.8 Å². The van der Waals surface area contributed by atoms with Gasteiger partial charge in [0.15, 0.2) is 0 Å². The molecular weight excluding hydrogens is 242 g/mol. The standard InChI is InChI=1S/C13H23N5O/c1-3-11-15-12(10-13(19)16-11)17(2)8-9-18-6-4-14-5-7-18/h10,14H,3-9H2,1-2H3,(H,15,16,19). The Labute approximate surface area is 113 Å². The summed E-state index contributed by atoms with van der Waals surface area (Å²) < 4.78 is 0. The van der Waals surface area contributed by atoms with Crippen molar-refractivity contribution in [2.24, 2.45) is 0 Å². The average Bonchev–Trinajstić information content (AvgIpc) is 2.45. The molecule has 0 spiro atoms. The molecule has 0 amide bonds. The van der Waals surface area contributed by atoms with Crippen LogP contribution in [0.15, 0.2) is 10.9 Å². The van der Waals surface area contributed by atoms with E-state index in [2.05, 4.69) is 25.1 Å². The van der Waals surface area contributed by atoms with E-state index in [0.717, 1.165) is 57.3 Å². The summed E-state index contributed by atoms with van der Waals surface area (Å²) in [5, 5.41) is 3.34. The highest BCUT2D eigenvalue weighted by Crippen LogP contribution is 2.06. The molecule has 0 aliphatic carbocycles. The van der Waals surface area contributed by atoms with Gasteiger partial charge in [-0.15, -0.1) is 0 Å². The first-order chi connectivity index (χ1) is 9.19. The summed E-state index contributed by atoms with van der Waals surface area (Å²) in [6.07, 6.45) is 0.745. The van der Waals surface area contributed by atoms with Crippen LogP contribution in [0.4, 0.5) is 5.82 Å². The lowest BCUT2D eigenvalue weighted by Crippen LogP contribution is -2.46. The Hall–Kier alpha value is -1.40. The van der Waals surface area contributed by atoms with E-state index < -0.39 is 0 Å². The van der Waals surface area contributed by atoms with E-state index in [1.807, 2.05) is 14.0 Å². The first-order valence-electron chi connectivity index (χ1n) is 6.93. The fourth-order valence-electron chi connectivity index (χ4n) is 2.20. The minimum Gasteiger partial charge on any atom is -0.358 e. The van der Waals surface area contributed by atoms with Crippen molar-refractivity contribution < 1.29 is 0 Å². The number of aryl methyl sites for hydroxylation is 1. The summed E-state index contributed by atoms with van der Waals surface area (Å²) in [4.78, 5) is 23.2. The number of aromatic amines is 1. The number of nitrogens with one attached hydrogen (secondary N) is 2. The lowest BCUT2D eigenvalue weighted by atomic mass is 10.3. The van der Waals surface area contributed by atoms with Crippen molar-refractivity contribution in [3.8, 4) is 0 Å². The molecule has 1 aromatic heterocycles. The van der Waals surface area contributed by atoms with Crippen molar-refractivity contribution in [3.63, 3.8) is 0 Å². The first kappa shape index (κ1) is 14.0. The molecule has 0 bridgehead atoms. The predicted molar refractivity (Wildman–Crippen MR) is 76.8 cm³/mol. The quantitative estimate of drug-likeness (QED) is 0.763. The monoisotopic (exact) mass is 265 g/mol. The molecule has 2 N–H and O–H groups in total. The van der Waals surface area contributed by atoms with Gasteiger partial charge in [-0.25, -0.2) is 4.98 Å². The third-order valence-corrected chi connectivity index (χ3v) is 3.46. The van der Waals surface area contributed by atoms with Gasteiger partial charge in [0, 0.05) is 58.8 Å². The zero-order chi connectivity index (χ0) is 13.7. The molecule has 0 aromatic carbocycles. The van der Waals surface area contributed by atoms with E-state index in [1.165, 1.54) is 0 Å². The molecule has 1 aliphatic rings. The summed E-state index contributed by atoms with van der Waals surface area (Å²) >= 11 is 0. The lowest BCUT2D eigenvalue weighted by molar-refractivity contribution is 0.246. The van der Waals surface area contributed by atoms with Crippen molar-refractivity contribution in [1.29, 1.82) is 0 Å². The molecule has 0 unspecified atom stereocenters.